The van der Waals surface area contributed by atoms with Crippen molar-refractivity contribution in [2.45, 2.75) is 26.0 Å². The molecule has 1 saturated heterocycles. The van der Waals surface area contributed by atoms with Crippen molar-refractivity contribution in [2.75, 3.05) is 39.8 Å². The molecule has 5 heteroatoms. The summed E-state index contributed by atoms with van der Waals surface area (Å²) in [5.74, 6) is 0.705. The molecule has 1 aromatic carbocycles. The first-order valence-electron chi connectivity index (χ1n) is 7.61. The van der Waals surface area contributed by atoms with Crippen molar-refractivity contribution in [3.63, 3.8) is 0 Å². The van der Waals surface area contributed by atoms with Gasteiger partial charge in [-0.2, -0.15) is 0 Å². The average molecular weight is 294 g/mol. The van der Waals surface area contributed by atoms with E-state index in [1.807, 2.05) is 19.1 Å². The number of aliphatic hydroxyl groups excluding tert-OH is 1. The number of rotatable bonds is 6. The van der Waals surface area contributed by atoms with Crippen LogP contribution in [0.15, 0.2) is 18.2 Å². The van der Waals surface area contributed by atoms with Gasteiger partial charge >= 0.3 is 0 Å². The Morgan fingerprint density at radius 3 is 2.48 bits per heavy atom. The number of methoxy groups -OCH3 is 1. The molecular formula is C16H26N2O3. The van der Waals surface area contributed by atoms with Gasteiger partial charge in [0, 0.05) is 39.3 Å². The largest absolute Gasteiger partial charge is 0.504 e. The molecular weight excluding hydrogens is 268 g/mol. The minimum absolute atomic E-state index is 0.180. The van der Waals surface area contributed by atoms with Crippen LogP contribution >= 0.6 is 0 Å². The number of aromatic hydroxyl groups is 1. The van der Waals surface area contributed by atoms with Crippen LogP contribution in [0, 0.1) is 0 Å². The maximum Gasteiger partial charge on any atom is 0.160 e. The fraction of sp³-hybridized carbons (Fsp3) is 0.625. The van der Waals surface area contributed by atoms with Gasteiger partial charge in [0.1, 0.15) is 0 Å². The molecule has 1 fully saturated rings. The van der Waals surface area contributed by atoms with Crippen LogP contribution in [0.5, 0.6) is 11.5 Å². The van der Waals surface area contributed by atoms with Gasteiger partial charge in [-0.15, -0.1) is 0 Å². The van der Waals surface area contributed by atoms with Crippen LogP contribution in [-0.2, 0) is 6.54 Å². The Hall–Kier alpha value is -1.30. The van der Waals surface area contributed by atoms with Crippen molar-refractivity contribution in [1.82, 2.24) is 9.80 Å². The van der Waals surface area contributed by atoms with Gasteiger partial charge in [-0.3, -0.25) is 9.80 Å². The molecule has 2 rings (SSSR count). The van der Waals surface area contributed by atoms with E-state index in [1.165, 1.54) is 0 Å². The van der Waals surface area contributed by atoms with Crippen molar-refractivity contribution in [3.8, 4) is 11.5 Å². The zero-order valence-electron chi connectivity index (χ0n) is 13.0. The normalized spacial score (nSPS) is 18.6. The summed E-state index contributed by atoms with van der Waals surface area (Å²) < 4.78 is 5.14. The smallest absolute Gasteiger partial charge is 0.160 e. The Morgan fingerprint density at radius 1 is 1.19 bits per heavy atom. The third-order valence-corrected chi connectivity index (χ3v) is 4.06. The molecule has 1 heterocycles. The molecule has 0 unspecified atom stereocenters. The molecule has 0 radical (unpaired) electrons. The summed E-state index contributed by atoms with van der Waals surface area (Å²) in [5, 5.41) is 19.3. The van der Waals surface area contributed by atoms with E-state index in [1.54, 1.807) is 13.2 Å². The van der Waals surface area contributed by atoms with Crippen LogP contribution in [0.4, 0.5) is 0 Å². The zero-order chi connectivity index (χ0) is 15.2. The number of piperazine rings is 1. The zero-order valence-corrected chi connectivity index (χ0v) is 13.0. The number of β-amino-alcohol motifs (C(OH)–C–C–N with tert-alkyl or cyclic N) is 1. The first-order chi connectivity index (χ1) is 10.1. The van der Waals surface area contributed by atoms with Gasteiger partial charge in [0.2, 0.25) is 0 Å². The van der Waals surface area contributed by atoms with Crippen molar-refractivity contribution in [1.29, 1.82) is 0 Å². The summed E-state index contributed by atoms with van der Waals surface area (Å²) in [6, 6.07) is 5.51. The Balaban J connectivity index is 1.83. The van der Waals surface area contributed by atoms with Crippen LogP contribution in [0.25, 0.3) is 0 Å². The molecule has 0 aliphatic carbocycles. The summed E-state index contributed by atoms with van der Waals surface area (Å²) in [6.07, 6.45) is 0.603. The van der Waals surface area contributed by atoms with Crippen molar-refractivity contribution in [3.05, 3.63) is 23.8 Å². The van der Waals surface area contributed by atoms with E-state index in [9.17, 15) is 10.2 Å². The number of aliphatic hydroxyl groups is 1. The molecule has 21 heavy (non-hydrogen) atoms. The Morgan fingerprint density at radius 2 is 1.86 bits per heavy atom. The number of hydrogen-bond donors (Lipinski definition) is 2. The summed E-state index contributed by atoms with van der Waals surface area (Å²) in [7, 11) is 1.57. The second-order valence-corrected chi connectivity index (χ2v) is 5.65. The molecule has 2 N–H and O–H groups in total. The molecule has 118 valence electrons. The van der Waals surface area contributed by atoms with Gasteiger partial charge in [-0.25, -0.2) is 0 Å². The van der Waals surface area contributed by atoms with Crippen molar-refractivity contribution in [2.24, 2.45) is 0 Å². The van der Waals surface area contributed by atoms with Gasteiger partial charge in [0.15, 0.2) is 11.5 Å². The number of benzene rings is 1. The van der Waals surface area contributed by atoms with Gasteiger partial charge in [-0.1, -0.05) is 13.0 Å². The summed E-state index contributed by atoms with van der Waals surface area (Å²) in [5.41, 5.74) is 1.15. The van der Waals surface area contributed by atoms with Crippen LogP contribution in [0.2, 0.25) is 0 Å². The molecule has 0 spiro atoms. The highest BCUT2D eigenvalue weighted by atomic mass is 16.5. The molecule has 1 aliphatic rings. The molecule has 0 amide bonds. The van der Waals surface area contributed by atoms with E-state index < -0.39 is 0 Å². The summed E-state index contributed by atoms with van der Waals surface area (Å²) >= 11 is 0. The third kappa shape index (κ3) is 4.59. The molecule has 1 atom stereocenters. The molecule has 0 aromatic heterocycles. The van der Waals surface area contributed by atoms with E-state index in [0.717, 1.165) is 51.3 Å². The Kier molecular flexibility index (Phi) is 5.85. The monoisotopic (exact) mass is 294 g/mol. The third-order valence-electron chi connectivity index (χ3n) is 4.06. The van der Waals surface area contributed by atoms with E-state index >= 15 is 0 Å². The standard InChI is InChI=1S/C16H26N2O3/c1-3-14(19)12-18-8-6-17(7-9-18)11-13-4-5-15(20)16(10-13)21-2/h4-5,10,14,19-20H,3,6-9,11-12H2,1-2H3/t14-/m1/s1. The number of ether oxygens (including phenoxy) is 1. The first-order valence-corrected chi connectivity index (χ1v) is 7.61. The molecule has 5 nitrogen and oxygen atoms in total. The first kappa shape index (κ1) is 16.1. The van der Waals surface area contributed by atoms with Crippen LogP contribution in [0.3, 0.4) is 0 Å². The predicted molar refractivity (Wildman–Crippen MR) is 82.7 cm³/mol. The van der Waals surface area contributed by atoms with Gasteiger partial charge < -0.3 is 14.9 Å². The highest BCUT2D eigenvalue weighted by molar-refractivity contribution is 5.41. The minimum atomic E-state index is -0.210. The predicted octanol–water partition coefficient (Wildman–Crippen LogP) is 1.29. The van der Waals surface area contributed by atoms with Gasteiger partial charge in [-0.05, 0) is 24.1 Å². The summed E-state index contributed by atoms with van der Waals surface area (Å²) in [4.78, 5) is 4.71. The van der Waals surface area contributed by atoms with Gasteiger partial charge in [0.05, 0.1) is 13.2 Å². The van der Waals surface area contributed by atoms with Crippen molar-refractivity contribution < 1.29 is 14.9 Å². The summed E-state index contributed by atoms with van der Waals surface area (Å²) in [6.45, 7) is 7.63. The topological polar surface area (TPSA) is 56.2 Å². The SMILES string of the molecule is CC[C@@H](O)CN1CCN(Cc2ccc(O)c(OC)c2)CC1. The molecule has 1 aromatic rings. The molecule has 1 aliphatic heterocycles. The van der Waals surface area contributed by atoms with Gasteiger partial charge in [0.25, 0.3) is 0 Å². The minimum Gasteiger partial charge on any atom is -0.504 e. The lowest BCUT2D eigenvalue weighted by Gasteiger charge is -2.35. The Bertz CT molecular complexity index is 445. The van der Waals surface area contributed by atoms with E-state index in [4.69, 9.17) is 4.74 Å². The highest BCUT2D eigenvalue weighted by Gasteiger charge is 2.19. The van der Waals surface area contributed by atoms with Crippen molar-refractivity contribution >= 4 is 0 Å². The fourth-order valence-electron chi connectivity index (χ4n) is 2.64. The Labute approximate surface area is 126 Å². The number of nitrogens with zero attached hydrogens (tertiary/aromatic N) is 2. The molecule has 0 bridgehead atoms. The number of hydrogen-bond acceptors (Lipinski definition) is 5. The fourth-order valence-corrected chi connectivity index (χ4v) is 2.64. The maximum atomic E-state index is 9.70. The second-order valence-electron chi connectivity index (χ2n) is 5.65. The molecule has 0 saturated carbocycles. The lowest BCUT2D eigenvalue weighted by atomic mass is 10.1. The highest BCUT2D eigenvalue weighted by Crippen LogP contribution is 2.26. The van der Waals surface area contributed by atoms with E-state index in [-0.39, 0.29) is 11.9 Å². The number of phenolic OH excluding ortho intramolecular Hbond substituents is 1. The maximum absolute atomic E-state index is 9.70. The lowest BCUT2D eigenvalue weighted by Crippen LogP contribution is -2.48. The van der Waals surface area contributed by atoms with E-state index in [2.05, 4.69) is 9.80 Å². The number of phenols is 1. The lowest BCUT2D eigenvalue weighted by molar-refractivity contribution is 0.0686. The average Bonchev–Trinajstić information content (AvgIpc) is 2.51. The van der Waals surface area contributed by atoms with Crippen LogP contribution < -0.4 is 4.74 Å². The van der Waals surface area contributed by atoms with Crippen LogP contribution in [-0.4, -0.2) is 66.0 Å². The van der Waals surface area contributed by atoms with Crippen LogP contribution in [0.1, 0.15) is 18.9 Å². The second kappa shape index (κ2) is 7.64. The quantitative estimate of drug-likeness (QED) is 0.828. The van der Waals surface area contributed by atoms with E-state index in [0.29, 0.717) is 5.75 Å².